The lowest BCUT2D eigenvalue weighted by molar-refractivity contribution is -0.140. The van der Waals surface area contributed by atoms with Gasteiger partial charge in [0.2, 0.25) is 17.7 Å². The van der Waals surface area contributed by atoms with Crippen LogP contribution in [-0.2, 0) is 11.0 Å². The van der Waals surface area contributed by atoms with Crippen LogP contribution in [-0.4, -0.2) is 26.9 Å². The highest BCUT2D eigenvalue weighted by Gasteiger charge is 2.45. The van der Waals surface area contributed by atoms with Crippen LogP contribution in [0.1, 0.15) is 74.2 Å². The first-order chi connectivity index (χ1) is 14.8. The fourth-order valence-corrected chi connectivity index (χ4v) is 5.11. The Labute approximate surface area is 177 Å². The molecule has 0 radical (unpaired) electrons. The highest BCUT2D eigenvalue weighted by Crippen LogP contribution is 2.53. The van der Waals surface area contributed by atoms with Crippen molar-refractivity contribution in [1.82, 2.24) is 14.9 Å². The summed E-state index contributed by atoms with van der Waals surface area (Å²) in [6.45, 7) is 1.58. The molecule has 1 aliphatic carbocycles. The number of carbonyl (C=O) groups excluding carboxylic acids is 1. The van der Waals surface area contributed by atoms with Gasteiger partial charge in [0.15, 0.2) is 0 Å². The summed E-state index contributed by atoms with van der Waals surface area (Å²) in [6, 6.07) is 5.91. The number of fused-ring (bicyclic) bond motifs is 5. The molecule has 1 saturated heterocycles. The van der Waals surface area contributed by atoms with E-state index in [1.54, 1.807) is 6.92 Å². The Balaban J connectivity index is 1.41. The molecule has 0 spiro atoms. The molecule has 1 aromatic heterocycles. The van der Waals surface area contributed by atoms with Gasteiger partial charge in [-0.1, -0.05) is 6.07 Å². The largest absolute Gasteiger partial charge is 0.474 e. The van der Waals surface area contributed by atoms with Crippen molar-refractivity contribution in [2.45, 2.75) is 69.8 Å². The minimum Gasteiger partial charge on any atom is -0.474 e. The van der Waals surface area contributed by atoms with Gasteiger partial charge in [-0.25, -0.2) is 4.98 Å². The molecule has 1 N–H and O–H groups in total. The number of hydrogen-bond acceptors (Lipinski definition) is 5. The number of carbonyl (C=O) groups is 1. The van der Waals surface area contributed by atoms with E-state index < -0.39 is 17.6 Å². The summed E-state index contributed by atoms with van der Waals surface area (Å²) in [4.78, 5) is 21.9. The number of nitrogens with zero attached hydrogens (tertiary/aromatic N) is 3. The summed E-state index contributed by atoms with van der Waals surface area (Å²) in [7, 11) is 0. The number of anilines is 2. The van der Waals surface area contributed by atoms with Crippen LogP contribution in [0.4, 0.5) is 24.8 Å². The van der Waals surface area contributed by atoms with Crippen LogP contribution in [0, 0.1) is 0 Å². The molecule has 1 aromatic carbocycles. The van der Waals surface area contributed by atoms with Crippen molar-refractivity contribution in [3.05, 3.63) is 41.1 Å². The van der Waals surface area contributed by atoms with E-state index in [2.05, 4.69) is 15.3 Å². The predicted molar refractivity (Wildman–Crippen MR) is 107 cm³/mol. The number of benzene rings is 1. The second-order valence-electron chi connectivity index (χ2n) is 8.44. The maximum atomic E-state index is 13.4. The van der Waals surface area contributed by atoms with E-state index in [-0.39, 0.29) is 30.0 Å². The summed E-state index contributed by atoms with van der Waals surface area (Å²) >= 11 is 0. The molecule has 2 atom stereocenters. The number of amides is 1. The molecule has 6 nitrogen and oxygen atoms in total. The van der Waals surface area contributed by atoms with E-state index in [0.29, 0.717) is 5.69 Å². The number of alkyl halides is 3. The maximum absolute atomic E-state index is 13.4. The van der Waals surface area contributed by atoms with Crippen molar-refractivity contribution in [1.29, 1.82) is 0 Å². The van der Waals surface area contributed by atoms with E-state index in [4.69, 9.17) is 4.74 Å². The van der Waals surface area contributed by atoms with Gasteiger partial charge in [-0.15, -0.1) is 0 Å². The Bertz CT molecular complexity index is 1020. The second-order valence-corrected chi connectivity index (χ2v) is 8.44. The van der Waals surface area contributed by atoms with Crippen LogP contribution in [0.2, 0.25) is 0 Å². The minimum absolute atomic E-state index is 0.0486. The van der Waals surface area contributed by atoms with E-state index in [9.17, 15) is 18.0 Å². The molecule has 1 amide bonds. The summed E-state index contributed by atoms with van der Waals surface area (Å²) in [5.41, 5.74) is 1.91. The molecule has 2 fully saturated rings. The predicted octanol–water partition coefficient (Wildman–Crippen LogP) is 5.30. The average Bonchev–Trinajstić information content (AvgIpc) is 3.43. The quantitative estimate of drug-likeness (QED) is 0.710. The summed E-state index contributed by atoms with van der Waals surface area (Å²) in [6.07, 6.45) is 1.13. The Morgan fingerprint density at radius 1 is 1.13 bits per heavy atom. The topological polar surface area (TPSA) is 67.4 Å². The summed E-state index contributed by atoms with van der Waals surface area (Å²) < 4.78 is 45.8. The molecule has 31 heavy (non-hydrogen) atoms. The molecule has 2 unspecified atom stereocenters. The zero-order valence-electron chi connectivity index (χ0n) is 17.1. The number of rotatable bonds is 4. The average molecular weight is 432 g/mol. The fraction of sp³-hybridized carbons (Fsp3) is 0.500. The fourth-order valence-electron chi connectivity index (χ4n) is 5.11. The van der Waals surface area contributed by atoms with E-state index in [1.807, 2.05) is 23.1 Å². The highest BCUT2D eigenvalue weighted by molar-refractivity contribution is 5.77. The molecule has 3 heterocycles. The van der Waals surface area contributed by atoms with Crippen molar-refractivity contribution >= 4 is 17.5 Å². The zero-order chi connectivity index (χ0) is 21.8. The highest BCUT2D eigenvalue weighted by atomic mass is 19.4. The first kappa shape index (κ1) is 20.1. The van der Waals surface area contributed by atoms with E-state index in [1.165, 1.54) is 0 Å². The van der Waals surface area contributed by atoms with Gasteiger partial charge in [-0.05, 0) is 61.8 Å². The molecule has 3 aliphatic rings. The van der Waals surface area contributed by atoms with Crippen LogP contribution >= 0.6 is 0 Å². The first-order valence-corrected chi connectivity index (χ1v) is 10.6. The third-order valence-electron chi connectivity index (χ3n) is 6.45. The number of aromatic nitrogens is 2. The lowest BCUT2D eigenvalue weighted by Gasteiger charge is -2.20. The van der Waals surface area contributed by atoms with Gasteiger partial charge < -0.3 is 15.0 Å². The zero-order valence-corrected chi connectivity index (χ0v) is 17.1. The van der Waals surface area contributed by atoms with Crippen LogP contribution in [0.25, 0.3) is 0 Å². The van der Waals surface area contributed by atoms with Crippen molar-refractivity contribution in [3.8, 4) is 5.88 Å². The molecule has 9 heteroatoms. The van der Waals surface area contributed by atoms with Crippen molar-refractivity contribution in [3.63, 3.8) is 0 Å². The Morgan fingerprint density at radius 3 is 2.52 bits per heavy atom. The van der Waals surface area contributed by atoms with Gasteiger partial charge in [0.05, 0.1) is 12.1 Å². The molecule has 2 bridgehead atoms. The number of nitrogens with one attached hydrogen (secondary N) is 1. The number of hydrogen-bond donors (Lipinski definition) is 1. The second kappa shape index (κ2) is 7.39. The normalized spacial score (nSPS) is 22.6. The molecular weight excluding hydrogens is 409 g/mol. The molecule has 164 valence electrons. The van der Waals surface area contributed by atoms with Gasteiger partial charge in [-0.3, -0.25) is 4.79 Å². The van der Waals surface area contributed by atoms with Crippen LogP contribution < -0.4 is 10.1 Å². The molecule has 1 saturated carbocycles. The van der Waals surface area contributed by atoms with E-state index in [0.717, 1.165) is 55.8 Å². The standard InChI is InChI=1S/C22H23F3N4O2/c1-12(30)29-18-8-9-19(29)16-10-13(6-7-15(16)18)27-21-26-11-17(22(23,24)25)20(28-21)31-14-4-2-3-5-14/h6-7,10-11,14,18-19H,2-5,8-9H2,1H3,(H,26,27,28). The van der Waals surface area contributed by atoms with Crippen molar-refractivity contribution < 1.29 is 22.7 Å². The molecule has 2 aliphatic heterocycles. The van der Waals surface area contributed by atoms with Crippen molar-refractivity contribution in [2.75, 3.05) is 5.32 Å². The van der Waals surface area contributed by atoms with Gasteiger partial charge in [-0.2, -0.15) is 18.2 Å². The number of halogens is 3. The molecule has 2 aromatic rings. The van der Waals surface area contributed by atoms with Crippen molar-refractivity contribution in [2.24, 2.45) is 0 Å². The van der Waals surface area contributed by atoms with Gasteiger partial charge in [0, 0.05) is 18.8 Å². The maximum Gasteiger partial charge on any atom is 0.423 e. The minimum atomic E-state index is -4.59. The first-order valence-electron chi connectivity index (χ1n) is 10.6. The monoisotopic (exact) mass is 432 g/mol. The van der Waals surface area contributed by atoms with Gasteiger partial charge >= 0.3 is 6.18 Å². The Morgan fingerprint density at radius 2 is 1.84 bits per heavy atom. The molecule has 5 rings (SSSR count). The smallest absolute Gasteiger partial charge is 0.423 e. The SMILES string of the molecule is CC(=O)N1C2CCC1c1cc(Nc3ncc(C(F)(F)F)c(OC4CCCC4)n3)ccc12. The van der Waals surface area contributed by atoms with Gasteiger partial charge in [0.25, 0.3) is 0 Å². The lowest BCUT2D eigenvalue weighted by atomic mass is 9.91. The molecular formula is C22H23F3N4O2. The van der Waals surface area contributed by atoms with Crippen LogP contribution in [0.5, 0.6) is 5.88 Å². The van der Waals surface area contributed by atoms with E-state index >= 15 is 0 Å². The summed E-state index contributed by atoms with van der Waals surface area (Å²) in [5.74, 6) is -0.328. The summed E-state index contributed by atoms with van der Waals surface area (Å²) in [5, 5.41) is 3.01. The third-order valence-corrected chi connectivity index (χ3v) is 6.45. The van der Waals surface area contributed by atoms with Gasteiger partial charge in [0.1, 0.15) is 11.7 Å². The van der Waals surface area contributed by atoms with Crippen LogP contribution in [0.3, 0.4) is 0 Å². The Kier molecular flexibility index (Phi) is 4.79. The number of ether oxygens (including phenoxy) is 1. The van der Waals surface area contributed by atoms with Crippen LogP contribution in [0.15, 0.2) is 24.4 Å². The Hall–Kier alpha value is -2.84. The lowest BCUT2D eigenvalue weighted by Crippen LogP contribution is -2.24. The third kappa shape index (κ3) is 3.59.